The summed E-state index contributed by atoms with van der Waals surface area (Å²) in [7, 11) is 0. The van der Waals surface area contributed by atoms with Gasteiger partial charge in [0, 0.05) is 12.4 Å². The standard InChI is InChI=1S/C14H10.C13H10.C10H8.C6H6.C5H5N.C4H4S.12C2H6/c1-3-7-13-11(5-1)9-10-12-6-2-4-8-14(12)13;1-3-7-12-10(5-1)9-11-6-2-4-8-13(11)12;1-2-6-10-8-4-3-7-9(10)5-1;2*1-2-4-6-5-3-1;1-2-4-5-3-1;12*1-2/h1-10H;1-8H,9H2;1-8H;1-6H;1-5H;1-4H;12*1-2H3. The van der Waals surface area contributed by atoms with Crippen molar-refractivity contribution in [2.24, 2.45) is 0 Å². The Bertz CT molecular complexity index is 2260. The van der Waals surface area contributed by atoms with E-state index < -0.39 is 0 Å². The maximum absolute atomic E-state index is 3.78. The number of nitrogens with zero attached hydrogens (tertiary/aromatic N) is 1. The molecule has 2 heteroatoms. The van der Waals surface area contributed by atoms with Crippen molar-refractivity contribution in [3.8, 4) is 11.1 Å². The van der Waals surface area contributed by atoms with E-state index in [0.717, 1.165) is 6.42 Å². The minimum absolute atomic E-state index is 1.10. The normalized spacial score (nSPS) is 7.95. The van der Waals surface area contributed by atoms with Gasteiger partial charge in [0.1, 0.15) is 0 Å². The van der Waals surface area contributed by atoms with Crippen LogP contribution < -0.4 is 0 Å². The van der Waals surface area contributed by atoms with Crippen molar-refractivity contribution < 1.29 is 0 Å². The maximum atomic E-state index is 3.78. The molecule has 0 unspecified atom stereocenters. The van der Waals surface area contributed by atoms with Crippen LogP contribution in [0.4, 0.5) is 0 Å². The highest BCUT2D eigenvalue weighted by Crippen LogP contribution is 2.35. The van der Waals surface area contributed by atoms with E-state index in [1.807, 2.05) is 244 Å². The minimum Gasteiger partial charge on any atom is -0.265 e. The summed E-state index contributed by atoms with van der Waals surface area (Å²) >= 11 is 1.71. The first-order valence-electron chi connectivity index (χ1n) is 30.2. The predicted octanol–water partition coefficient (Wildman–Crippen LogP) is 26.9. The molecular formula is C76H115NS. The van der Waals surface area contributed by atoms with Crippen LogP contribution in [-0.2, 0) is 6.42 Å². The molecule has 1 aliphatic carbocycles. The highest BCUT2D eigenvalue weighted by atomic mass is 32.1. The molecule has 78 heavy (non-hydrogen) atoms. The quantitative estimate of drug-likeness (QED) is 0.138. The zero-order valence-electron chi connectivity index (χ0n) is 54.2. The van der Waals surface area contributed by atoms with Crippen LogP contribution in [0.1, 0.15) is 177 Å². The van der Waals surface area contributed by atoms with Gasteiger partial charge in [-0.05, 0) is 83.9 Å². The van der Waals surface area contributed by atoms with E-state index in [0.29, 0.717) is 0 Å². The van der Waals surface area contributed by atoms with E-state index in [1.54, 1.807) is 23.7 Å². The molecule has 430 valence electrons. The summed E-state index contributed by atoms with van der Waals surface area (Å²) in [6.45, 7) is 48.0. The van der Waals surface area contributed by atoms with Gasteiger partial charge in [-0.25, -0.2) is 0 Å². The molecule has 0 N–H and O–H groups in total. The van der Waals surface area contributed by atoms with E-state index in [9.17, 15) is 0 Å². The topological polar surface area (TPSA) is 12.9 Å². The summed E-state index contributed by atoms with van der Waals surface area (Å²) in [4.78, 5) is 3.78. The van der Waals surface area contributed by atoms with Gasteiger partial charge in [-0.15, -0.1) is 0 Å². The first-order valence-corrected chi connectivity index (χ1v) is 31.1. The van der Waals surface area contributed by atoms with Gasteiger partial charge in [0.15, 0.2) is 0 Å². The van der Waals surface area contributed by atoms with Crippen molar-refractivity contribution in [2.45, 2.75) is 173 Å². The fraction of sp³-hybridized carbons (Fsp3) is 0.329. The molecular weight excluding hydrogens is 959 g/mol. The van der Waals surface area contributed by atoms with E-state index in [-0.39, 0.29) is 0 Å². The Balaban J connectivity index is -0.000000147. The fourth-order valence-corrected chi connectivity index (χ4v) is 6.55. The lowest BCUT2D eigenvalue weighted by Crippen LogP contribution is -1.77. The SMILES string of the molecule is CC.CC.CC.CC.CC.CC.CC.CC.CC.CC.CC.CC.c1ccc2c(c1)Cc1ccccc1-2.c1ccc2c(c1)ccc1ccccc12.c1ccc2ccccc2c1.c1ccccc1.c1ccncc1.c1ccsc1. The number of thiophene rings is 1. The van der Waals surface area contributed by atoms with Crippen LogP contribution in [0.25, 0.3) is 43.4 Å². The molecule has 0 bridgehead atoms. The second kappa shape index (κ2) is 74.6. The van der Waals surface area contributed by atoms with Gasteiger partial charge >= 0.3 is 0 Å². The predicted molar refractivity (Wildman–Crippen MR) is 371 cm³/mol. The van der Waals surface area contributed by atoms with Crippen LogP contribution in [0.2, 0.25) is 0 Å². The second-order valence-corrected chi connectivity index (χ2v) is 13.1. The molecule has 0 spiro atoms. The van der Waals surface area contributed by atoms with Crippen LogP contribution >= 0.6 is 11.3 Å². The van der Waals surface area contributed by atoms with Crippen molar-refractivity contribution in [1.29, 1.82) is 0 Å². The first kappa shape index (κ1) is 85.3. The number of hydrogen-bond donors (Lipinski definition) is 0. The molecule has 11 rings (SSSR count). The molecule has 2 aromatic heterocycles. The van der Waals surface area contributed by atoms with Gasteiger partial charge in [-0.3, -0.25) is 4.98 Å². The molecule has 0 fully saturated rings. The largest absolute Gasteiger partial charge is 0.265 e. The highest BCUT2D eigenvalue weighted by Gasteiger charge is 2.15. The van der Waals surface area contributed by atoms with E-state index in [2.05, 4.69) is 163 Å². The summed E-state index contributed by atoms with van der Waals surface area (Å²) in [5.74, 6) is 0. The monoisotopic (exact) mass is 1070 g/mol. The average molecular weight is 1070 g/mol. The fourth-order valence-electron chi connectivity index (χ4n) is 6.09. The number of benzene rings is 8. The van der Waals surface area contributed by atoms with E-state index in [4.69, 9.17) is 0 Å². The minimum atomic E-state index is 1.10. The number of fused-ring (bicyclic) bond motifs is 7. The van der Waals surface area contributed by atoms with Gasteiger partial charge in [-0.1, -0.05) is 378 Å². The van der Waals surface area contributed by atoms with Crippen molar-refractivity contribution in [3.05, 3.63) is 259 Å². The van der Waals surface area contributed by atoms with Gasteiger partial charge in [0.2, 0.25) is 0 Å². The van der Waals surface area contributed by atoms with Gasteiger partial charge in [0.25, 0.3) is 0 Å². The zero-order valence-corrected chi connectivity index (χ0v) is 55.1. The van der Waals surface area contributed by atoms with Crippen LogP contribution in [0.3, 0.4) is 0 Å². The molecule has 8 aromatic carbocycles. The molecule has 0 aliphatic heterocycles. The lowest BCUT2D eigenvalue weighted by Gasteiger charge is -2.02. The lowest BCUT2D eigenvalue weighted by molar-refractivity contribution is 1.26. The third kappa shape index (κ3) is 40.6. The summed E-state index contributed by atoms with van der Waals surface area (Å²) in [5.41, 5.74) is 5.75. The maximum Gasteiger partial charge on any atom is 0.0267 e. The smallest absolute Gasteiger partial charge is 0.0267 e. The molecule has 2 heterocycles. The molecule has 0 amide bonds. The van der Waals surface area contributed by atoms with Gasteiger partial charge in [-0.2, -0.15) is 11.3 Å². The number of pyridine rings is 1. The Labute approximate surface area is 488 Å². The van der Waals surface area contributed by atoms with Crippen molar-refractivity contribution in [2.75, 3.05) is 0 Å². The summed E-state index contributed by atoms with van der Waals surface area (Å²) in [6.07, 6.45) is 4.60. The summed E-state index contributed by atoms with van der Waals surface area (Å²) < 4.78 is 0. The number of aromatic nitrogens is 1. The second-order valence-electron chi connectivity index (χ2n) is 12.3. The van der Waals surface area contributed by atoms with Crippen LogP contribution in [0, 0.1) is 0 Å². The Hall–Kier alpha value is -6.61. The Morgan fingerprint density at radius 1 is 0.231 bits per heavy atom. The third-order valence-electron chi connectivity index (χ3n) is 8.68. The third-order valence-corrected chi connectivity index (χ3v) is 9.31. The molecule has 1 aliphatic rings. The zero-order chi connectivity index (χ0) is 60.9. The average Bonchev–Trinajstić information content (AvgIpc) is 4.32. The Morgan fingerprint density at radius 3 is 0.718 bits per heavy atom. The lowest BCUT2D eigenvalue weighted by atomic mass is 10.0. The van der Waals surface area contributed by atoms with Crippen molar-refractivity contribution in [1.82, 2.24) is 4.98 Å². The van der Waals surface area contributed by atoms with Crippen LogP contribution in [-0.4, -0.2) is 4.98 Å². The van der Waals surface area contributed by atoms with Crippen LogP contribution in [0.15, 0.2) is 248 Å². The molecule has 1 nitrogen and oxygen atoms in total. The molecule has 0 atom stereocenters. The molecule has 0 radical (unpaired) electrons. The Morgan fingerprint density at radius 2 is 0.474 bits per heavy atom. The van der Waals surface area contributed by atoms with Gasteiger partial charge in [0.05, 0.1) is 0 Å². The highest BCUT2D eigenvalue weighted by molar-refractivity contribution is 7.07. The van der Waals surface area contributed by atoms with Gasteiger partial charge < -0.3 is 0 Å². The molecule has 0 saturated heterocycles. The number of hydrogen-bond acceptors (Lipinski definition) is 2. The van der Waals surface area contributed by atoms with Crippen molar-refractivity contribution >= 4 is 43.7 Å². The van der Waals surface area contributed by atoms with E-state index in [1.165, 1.54) is 54.6 Å². The van der Waals surface area contributed by atoms with E-state index >= 15 is 0 Å². The summed E-state index contributed by atoms with van der Waals surface area (Å²) in [5, 5.41) is 12.0. The Kier molecular flexibility index (Phi) is 81.6. The van der Waals surface area contributed by atoms with Crippen molar-refractivity contribution in [3.63, 3.8) is 0 Å². The molecule has 10 aromatic rings. The van der Waals surface area contributed by atoms with Crippen LogP contribution in [0.5, 0.6) is 0 Å². The summed E-state index contributed by atoms with van der Waals surface area (Å²) in [6, 6.07) is 77.1. The first-order chi connectivity index (χ1) is 38.9. The molecule has 0 saturated carbocycles. The number of rotatable bonds is 0.